The van der Waals surface area contributed by atoms with E-state index in [9.17, 15) is 4.79 Å². The van der Waals surface area contributed by atoms with E-state index < -0.39 is 0 Å². The number of hydrogen-bond donors (Lipinski definition) is 0. The van der Waals surface area contributed by atoms with Crippen molar-refractivity contribution in [2.45, 2.75) is 32.6 Å². The first-order valence-corrected chi connectivity index (χ1v) is 9.28. The van der Waals surface area contributed by atoms with E-state index in [4.69, 9.17) is 4.98 Å². The van der Waals surface area contributed by atoms with Crippen LogP contribution in [-0.2, 0) is 6.42 Å². The summed E-state index contributed by atoms with van der Waals surface area (Å²) in [5.74, 6) is 0.846. The summed E-state index contributed by atoms with van der Waals surface area (Å²) in [5, 5.41) is 2.87. The van der Waals surface area contributed by atoms with Crippen molar-refractivity contribution >= 4 is 21.7 Å². The zero-order valence-corrected chi connectivity index (χ0v) is 15.0. The highest BCUT2D eigenvalue weighted by molar-refractivity contribution is 5.90. The van der Waals surface area contributed by atoms with Gasteiger partial charge in [-0.1, -0.05) is 68.3 Å². The van der Waals surface area contributed by atoms with Crippen LogP contribution in [0.3, 0.4) is 0 Å². The molecule has 1 heterocycles. The average molecular weight is 342 g/mol. The quantitative estimate of drug-likeness (QED) is 0.463. The molecule has 3 heteroatoms. The molecule has 130 valence electrons. The predicted octanol–water partition coefficient (Wildman–Crippen LogP) is 5.27. The molecule has 4 rings (SSSR count). The van der Waals surface area contributed by atoms with Gasteiger partial charge < -0.3 is 0 Å². The highest BCUT2D eigenvalue weighted by atomic mass is 16.1. The number of aromatic nitrogens is 2. The Morgan fingerprint density at radius 3 is 2.42 bits per heavy atom. The van der Waals surface area contributed by atoms with Crippen LogP contribution in [0, 0.1) is 0 Å². The molecule has 0 atom stereocenters. The maximum absolute atomic E-state index is 13.3. The van der Waals surface area contributed by atoms with Crippen molar-refractivity contribution in [3.63, 3.8) is 0 Å². The second-order valence-corrected chi connectivity index (χ2v) is 6.64. The summed E-state index contributed by atoms with van der Waals surface area (Å²) in [4.78, 5) is 18.2. The molecule has 0 saturated heterocycles. The lowest BCUT2D eigenvalue weighted by Gasteiger charge is -2.15. The van der Waals surface area contributed by atoms with Gasteiger partial charge in [0, 0.05) is 11.8 Å². The van der Waals surface area contributed by atoms with Gasteiger partial charge in [-0.25, -0.2) is 4.98 Å². The van der Waals surface area contributed by atoms with E-state index in [1.165, 1.54) is 0 Å². The van der Waals surface area contributed by atoms with Crippen LogP contribution < -0.4 is 5.56 Å². The van der Waals surface area contributed by atoms with Crippen molar-refractivity contribution in [3.8, 4) is 5.69 Å². The molecule has 1 aromatic heterocycles. The number of aryl methyl sites for hydroxylation is 1. The number of unbranched alkanes of at least 4 members (excludes halogenated alkanes) is 2. The minimum Gasteiger partial charge on any atom is -0.268 e. The van der Waals surface area contributed by atoms with Crippen molar-refractivity contribution < 1.29 is 0 Å². The molecule has 0 aliphatic heterocycles. The molecule has 0 saturated carbocycles. The molecule has 0 radical (unpaired) electrons. The van der Waals surface area contributed by atoms with E-state index >= 15 is 0 Å². The fourth-order valence-corrected chi connectivity index (χ4v) is 3.53. The molecule has 3 nitrogen and oxygen atoms in total. The molecule has 3 aromatic carbocycles. The van der Waals surface area contributed by atoms with Crippen molar-refractivity contribution in [2.24, 2.45) is 0 Å². The SMILES string of the molecule is CCCCCc1nc2ccccc2c(=O)n1-c1cccc2ccccc12. The maximum Gasteiger partial charge on any atom is 0.265 e. The fraction of sp³-hybridized carbons (Fsp3) is 0.217. The van der Waals surface area contributed by atoms with Gasteiger partial charge in [0.25, 0.3) is 5.56 Å². The Morgan fingerprint density at radius 1 is 0.846 bits per heavy atom. The third-order valence-corrected chi connectivity index (χ3v) is 4.86. The van der Waals surface area contributed by atoms with Crippen LogP contribution in [0.2, 0.25) is 0 Å². The Hall–Kier alpha value is -2.94. The normalized spacial score (nSPS) is 11.3. The molecule has 0 aliphatic carbocycles. The van der Waals surface area contributed by atoms with Gasteiger partial charge in [-0.05, 0) is 30.0 Å². The Balaban J connectivity index is 2.01. The molecule has 0 amide bonds. The summed E-state index contributed by atoms with van der Waals surface area (Å²) in [6.45, 7) is 2.19. The van der Waals surface area contributed by atoms with Crippen molar-refractivity contribution in [3.05, 3.63) is 82.9 Å². The Labute approximate surface area is 152 Å². The smallest absolute Gasteiger partial charge is 0.265 e. The number of benzene rings is 3. The van der Waals surface area contributed by atoms with Gasteiger partial charge in [-0.3, -0.25) is 9.36 Å². The van der Waals surface area contributed by atoms with E-state index in [1.807, 2.05) is 53.1 Å². The molecule has 0 fully saturated rings. The van der Waals surface area contributed by atoms with Gasteiger partial charge in [0.2, 0.25) is 0 Å². The number of fused-ring (bicyclic) bond motifs is 2. The lowest BCUT2D eigenvalue weighted by molar-refractivity contribution is 0.677. The lowest BCUT2D eigenvalue weighted by Crippen LogP contribution is -2.24. The van der Waals surface area contributed by atoms with Crippen LogP contribution in [0.4, 0.5) is 0 Å². The number of para-hydroxylation sites is 1. The summed E-state index contributed by atoms with van der Waals surface area (Å²) in [6.07, 6.45) is 4.12. The van der Waals surface area contributed by atoms with Crippen LogP contribution in [0.15, 0.2) is 71.5 Å². The highest BCUT2D eigenvalue weighted by Gasteiger charge is 2.14. The monoisotopic (exact) mass is 342 g/mol. The maximum atomic E-state index is 13.3. The first kappa shape index (κ1) is 16.5. The van der Waals surface area contributed by atoms with Gasteiger partial charge in [-0.15, -0.1) is 0 Å². The van der Waals surface area contributed by atoms with Gasteiger partial charge in [-0.2, -0.15) is 0 Å². The number of nitrogens with zero attached hydrogens (tertiary/aromatic N) is 2. The summed E-state index contributed by atoms with van der Waals surface area (Å²) < 4.78 is 1.82. The van der Waals surface area contributed by atoms with Crippen LogP contribution in [-0.4, -0.2) is 9.55 Å². The van der Waals surface area contributed by atoms with E-state index in [0.717, 1.165) is 53.5 Å². The summed E-state index contributed by atoms with van der Waals surface area (Å²) in [5.41, 5.74) is 1.71. The summed E-state index contributed by atoms with van der Waals surface area (Å²) >= 11 is 0. The third-order valence-electron chi connectivity index (χ3n) is 4.86. The number of hydrogen-bond acceptors (Lipinski definition) is 2. The second kappa shape index (κ2) is 7.12. The Kier molecular flexibility index (Phi) is 4.53. The Bertz CT molecular complexity index is 1120. The minimum absolute atomic E-state index is 0.0125. The zero-order valence-electron chi connectivity index (χ0n) is 15.0. The fourth-order valence-electron chi connectivity index (χ4n) is 3.53. The van der Waals surface area contributed by atoms with Crippen molar-refractivity contribution in [1.29, 1.82) is 0 Å². The topological polar surface area (TPSA) is 34.9 Å². The van der Waals surface area contributed by atoms with Crippen LogP contribution >= 0.6 is 0 Å². The van der Waals surface area contributed by atoms with Gasteiger partial charge in [0.1, 0.15) is 5.82 Å². The lowest BCUT2D eigenvalue weighted by atomic mass is 10.1. The summed E-state index contributed by atoms with van der Waals surface area (Å²) in [6, 6.07) is 21.9. The van der Waals surface area contributed by atoms with Crippen LogP contribution in [0.25, 0.3) is 27.4 Å². The van der Waals surface area contributed by atoms with Crippen molar-refractivity contribution in [2.75, 3.05) is 0 Å². The van der Waals surface area contributed by atoms with Crippen LogP contribution in [0.1, 0.15) is 32.0 Å². The highest BCUT2D eigenvalue weighted by Crippen LogP contribution is 2.23. The zero-order chi connectivity index (χ0) is 17.9. The summed E-state index contributed by atoms with van der Waals surface area (Å²) in [7, 11) is 0. The van der Waals surface area contributed by atoms with E-state index in [2.05, 4.69) is 25.1 Å². The second-order valence-electron chi connectivity index (χ2n) is 6.64. The molecule has 4 aromatic rings. The number of rotatable bonds is 5. The molecule has 0 N–H and O–H groups in total. The molecule has 0 bridgehead atoms. The molecule has 0 spiro atoms. The van der Waals surface area contributed by atoms with E-state index in [1.54, 1.807) is 0 Å². The van der Waals surface area contributed by atoms with Crippen LogP contribution in [0.5, 0.6) is 0 Å². The Morgan fingerprint density at radius 2 is 1.58 bits per heavy atom. The first-order chi connectivity index (χ1) is 12.8. The van der Waals surface area contributed by atoms with Gasteiger partial charge >= 0.3 is 0 Å². The molecule has 0 aliphatic rings. The van der Waals surface area contributed by atoms with E-state index in [0.29, 0.717) is 5.39 Å². The molecular weight excluding hydrogens is 320 g/mol. The molecular formula is C23H22N2O. The standard InChI is InChI=1S/C23H22N2O/c1-2-3-4-16-22-24-20-14-8-7-13-19(20)23(26)25(22)21-15-9-11-17-10-5-6-12-18(17)21/h5-15H,2-4,16H2,1H3. The molecule has 0 unspecified atom stereocenters. The van der Waals surface area contributed by atoms with Crippen molar-refractivity contribution in [1.82, 2.24) is 9.55 Å². The van der Waals surface area contributed by atoms with E-state index in [-0.39, 0.29) is 5.56 Å². The largest absolute Gasteiger partial charge is 0.268 e. The minimum atomic E-state index is 0.0125. The van der Waals surface area contributed by atoms with Gasteiger partial charge in [0.05, 0.1) is 16.6 Å². The molecule has 26 heavy (non-hydrogen) atoms. The predicted molar refractivity (Wildman–Crippen MR) is 108 cm³/mol. The van der Waals surface area contributed by atoms with Gasteiger partial charge in [0.15, 0.2) is 0 Å². The first-order valence-electron chi connectivity index (χ1n) is 9.28. The third kappa shape index (κ3) is 2.90. The average Bonchev–Trinajstić information content (AvgIpc) is 2.68.